The van der Waals surface area contributed by atoms with E-state index >= 15 is 0 Å². The van der Waals surface area contributed by atoms with Crippen LogP contribution in [0.3, 0.4) is 0 Å². The lowest BCUT2D eigenvalue weighted by atomic mass is 9.84. The average Bonchev–Trinajstić information content (AvgIpc) is 3.84. The van der Waals surface area contributed by atoms with Crippen molar-refractivity contribution in [1.82, 2.24) is 10.2 Å². The maximum atomic E-state index is 13.4. The van der Waals surface area contributed by atoms with Crippen LogP contribution in [0.15, 0.2) is 47.6 Å². The van der Waals surface area contributed by atoms with Crippen molar-refractivity contribution in [2.24, 2.45) is 0 Å². The van der Waals surface area contributed by atoms with E-state index < -0.39 is 59.9 Å². The Labute approximate surface area is 310 Å². The molecule has 6 N–H and O–H groups in total. The van der Waals surface area contributed by atoms with Crippen molar-refractivity contribution in [2.75, 3.05) is 20.3 Å². The van der Waals surface area contributed by atoms with Crippen molar-refractivity contribution >= 4 is 23.4 Å². The van der Waals surface area contributed by atoms with E-state index in [2.05, 4.69) is 29.0 Å². The largest absolute Gasteiger partial charge is 0.507 e. The number of hydrogen-bond donors (Lipinski definition) is 6. The van der Waals surface area contributed by atoms with Gasteiger partial charge in [-0.2, -0.15) is 0 Å². The standard InChI is InChI=1S/C39H39ClN2O11/c1-19-8-9-20(2)33(46)31(19)36(48)41-27-18-51-37(35(47)38(27,3)49)53-39-22(12-15-28(39)44)11-10-21-6-5-7-29(39)52-34-26(50-4)14-13-23(32(34)40)25(43)16-30(45)42-17-24(21)42/h6,8-9,12-14,24-25,27-29,35,37,43-44,46-47,49H,15-18H2,1-4H3,(H,41,48). The van der Waals surface area contributed by atoms with Gasteiger partial charge in [-0.25, -0.2) is 0 Å². The summed E-state index contributed by atoms with van der Waals surface area (Å²) in [6.45, 7) is 4.63. The Morgan fingerprint density at radius 3 is 2.64 bits per heavy atom. The maximum Gasteiger partial charge on any atom is 0.255 e. The van der Waals surface area contributed by atoms with Crippen LogP contribution in [0.25, 0.3) is 0 Å². The number of halogens is 1. The molecule has 0 aromatic heterocycles. The number of carbonyl (C=O) groups is 2. The second-order valence-corrected chi connectivity index (χ2v) is 14.4. The molecule has 0 spiro atoms. The van der Waals surface area contributed by atoms with E-state index in [0.717, 1.165) is 0 Å². The minimum atomic E-state index is -2.06. The Morgan fingerprint density at radius 2 is 1.89 bits per heavy atom. The van der Waals surface area contributed by atoms with Gasteiger partial charge in [0.25, 0.3) is 5.91 Å². The lowest BCUT2D eigenvalue weighted by Crippen LogP contribution is -2.69. The van der Waals surface area contributed by atoms with E-state index in [0.29, 0.717) is 23.2 Å². The normalized spacial score (nSPS) is 32.8. The fourth-order valence-corrected chi connectivity index (χ4v) is 7.51. The number of nitrogens with zero attached hydrogens (tertiary/aromatic N) is 1. The number of rotatable bonds is 5. The van der Waals surface area contributed by atoms with Gasteiger partial charge in [0.1, 0.15) is 17.5 Å². The smallest absolute Gasteiger partial charge is 0.255 e. The van der Waals surface area contributed by atoms with Gasteiger partial charge in [-0.1, -0.05) is 59.6 Å². The van der Waals surface area contributed by atoms with Crippen LogP contribution in [-0.2, 0) is 14.3 Å². The van der Waals surface area contributed by atoms with Crippen molar-refractivity contribution in [3.8, 4) is 40.9 Å². The highest BCUT2D eigenvalue weighted by Gasteiger charge is 2.59. The molecule has 2 aliphatic carbocycles. The average molecular weight is 747 g/mol. The monoisotopic (exact) mass is 746 g/mol. The number of phenols is 1. The fraction of sp³-hybridized carbons (Fsp3) is 0.436. The third-order valence-electron chi connectivity index (χ3n) is 10.6. The Kier molecular flexibility index (Phi) is 9.50. The molecule has 2 fully saturated rings. The molecule has 4 bridgehead atoms. The zero-order valence-electron chi connectivity index (χ0n) is 29.3. The molecule has 14 heteroatoms. The molecule has 7 rings (SSSR count). The molecule has 5 aliphatic rings. The lowest BCUT2D eigenvalue weighted by Gasteiger charge is -2.48. The summed E-state index contributed by atoms with van der Waals surface area (Å²) in [5.74, 6) is 11.0. The number of nitrogens with one attached hydrogen (secondary N) is 1. The first-order chi connectivity index (χ1) is 25.2. The highest BCUT2D eigenvalue weighted by Crippen LogP contribution is 2.47. The summed E-state index contributed by atoms with van der Waals surface area (Å²) < 4.78 is 24.6. The summed E-state index contributed by atoms with van der Waals surface area (Å²) in [7, 11) is 1.39. The molecule has 2 aromatic rings. The number of allylic oxidation sites excluding steroid dienone is 1. The van der Waals surface area contributed by atoms with Crippen molar-refractivity contribution in [1.29, 1.82) is 0 Å². The van der Waals surface area contributed by atoms with Crippen molar-refractivity contribution in [3.63, 3.8) is 0 Å². The zero-order valence-corrected chi connectivity index (χ0v) is 30.1. The molecule has 3 aliphatic heterocycles. The predicted molar refractivity (Wildman–Crippen MR) is 189 cm³/mol. The van der Waals surface area contributed by atoms with Gasteiger partial charge in [0.2, 0.25) is 5.91 Å². The number of ether oxygens (including phenoxy) is 4. The number of benzene rings is 2. The van der Waals surface area contributed by atoms with E-state index in [9.17, 15) is 35.1 Å². The van der Waals surface area contributed by atoms with Crippen LogP contribution < -0.4 is 14.8 Å². The molecule has 3 heterocycles. The second kappa shape index (κ2) is 13.7. The Morgan fingerprint density at radius 1 is 1.13 bits per heavy atom. The first kappa shape index (κ1) is 36.8. The number of aryl methyl sites for hydroxylation is 2. The number of aromatic hydroxyl groups is 1. The first-order valence-electron chi connectivity index (χ1n) is 17.1. The Balaban J connectivity index is 1.27. The topological polar surface area (TPSA) is 187 Å². The number of aliphatic hydroxyl groups excluding tert-OH is 3. The van der Waals surface area contributed by atoms with Crippen LogP contribution >= 0.6 is 11.6 Å². The number of methoxy groups -OCH3 is 1. The minimum Gasteiger partial charge on any atom is -0.507 e. The van der Waals surface area contributed by atoms with Crippen molar-refractivity contribution < 1.29 is 54.1 Å². The van der Waals surface area contributed by atoms with Crippen LogP contribution in [0.1, 0.15) is 52.9 Å². The molecule has 53 heavy (non-hydrogen) atoms. The summed E-state index contributed by atoms with van der Waals surface area (Å²) >= 11 is 6.86. The van der Waals surface area contributed by atoms with Gasteiger partial charge in [-0.15, -0.1) is 0 Å². The summed E-state index contributed by atoms with van der Waals surface area (Å²) in [5.41, 5.74) is -2.07. The molecular weight excluding hydrogens is 708 g/mol. The van der Waals surface area contributed by atoms with Gasteiger partial charge in [-0.05, 0) is 44.4 Å². The molecule has 278 valence electrons. The van der Waals surface area contributed by atoms with Crippen LogP contribution in [0, 0.1) is 37.5 Å². The van der Waals surface area contributed by atoms with Gasteiger partial charge < -0.3 is 54.7 Å². The van der Waals surface area contributed by atoms with Gasteiger partial charge in [-0.3, -0.25) is 9.59 Å². The molecule has 0 radical (unpaired) electrons. The number of aliphatic hydroxyl groups is 4. The van der Waals surface area contributed by atoms with Gasteiger partial charge >= 0.3 is 0 Å². The third kappa shape index (κ3) is 6.22. The van der Waals surface area contributed by atoms with Gasteiger partial charge in [0.15, 0.2) is 29.5 Å². The Bertz CT molecular complexity index is 2070. The highest BCUT2D eigenvalue weighted by atomic mass is 35.5. The SMILES string of the molecule is COc1ccc2c(Cl)c1OC1C#CC=C(C#CC3=CCC(O)C31OC1OCC(NC(=O)c3c(C)ccc(C)c3O)C(C)(O)C1O)C1CN1C(=O)CC2O. The number of carbonyl (C=O) groups excluding carboxylic acids is 2. The molecule has 2 saturated heterocycles. The molecule has 2 amide bonds. The van der Waals surface area contributed by atoms with Crippen molar-refractivity contribution in [3.05, 3.63) is 74.8 Å². The van der Waals surface area contributed by atoms with E-state index in [4.69, 9.17) is 30.5 Å². The summed E-state index contributed by atoms with van der Waals surface area (Å²) in [4.78, 5) is 28.1. The van der Waals surface area contributed by atoms with Crippen molar-refractivity contribution in [2.45, 2.75) is 87.6 Å². The lowest BCUT2D eigenvalue weighted by molar-refractivity contribution is -0.316. The number of fused-ring (bicyclic) bond motifs is 8. The first-order valence-corrected chi connectivity index (χ1v) is 17.5. The molecule has 9 unspecified atom stereocenters. The molecule has 9 atom stereocenters. The molecule has 13 nitrogen and oxygen atoms in total. The van der Waals surface area contributed by atoms with E-state index in [1.807, 2.05) is 0 Å². The van der Waals surface area contributed by atoms with Gasteiger partial charge in [0.05, 0.1) is 55.0 Å². The van der Waals surface area contributed by atoms with Crippen LogP contribution in [0.5, 0.6) is 17.2 Å². The summed E-state index contributed by atoms with van der Waals surface area (Å²) in [6.07, 6.45) is -4.56. The quantitative estimate of drug-likeness (QED) is 0.193. The minimum absolute atomic E-state index is 0.0202. The molecule has 0 saturated carbocycles. The summed E-state index contributed by atoms with van der Waals surface area (Å²) in [6, 6.07) is 4.85. The maximum absolute atomic E-state index is 13.4. The Hall–Kier alpha value is -4.57. The number of amides is 2. The predicted octanol–water partition coefficient (Wildman–Crippen LogP) is 1.73. The van der Waals surface area contributed by atoms with Crippen LogP contribution in [0.4, 0.5) is 0 Å². The van der Waals surface area contributed by atoms with Gasteiger partial charge in [0, 0.05) is 29.3 Å². The number of phenolic OH excluding ortho intramolecular Hbond substituents is 1. The van der Waals surface area contributed by atoms with Crippen LogP contribution in [-0.4, -0.2) is 110 Å². The van der Waals surface area contributed by atoms with Crippen LogP contribution in [0.2, 0.25) is 5.02 Å². The molecular formula is C39H39ClN2O11. The second-order valence-electron chi connectivity index (χ2n) is 14.0. The third-order valence-corrected chi connectivity index (χ3v) is 11.0. The fourth-order valence-electron chi connectivity index (χ4n) is 7.18. The zero-order chi connectivity index (χ0) is 38.0. The van der Waals surface area contributed by atoms with E-state index in [1.165, 1.54) is 26.2 Å². The molecule has 2 aromatic carbocycles. The number of hydrogen-bond acceptors (Lipinski definition) is 11. The van der Waals surface area contributed by atoms with E-state index in [-0.39, 0.29) is 64.3 Å². The highest BCUT2D eigenvalue weighted by molar-refractivity contribution is 6.33. The van der Waals surface area contributed by atoms with E-state index in [1.54, 1.807) is 43.0 Å². The summed E-state index contributed by atoms with van der Waals surface area (Å²) in [5, 5.41) is 59.6.